The highest BCUT2D eigenvalue weighted by Gasteiger charge is 2.19. The molecule has 3 nitrogen and oxygen atoms in total. The van der Waals surface area contributed by atoms with Gasteiger partial charge in [-0.1, -0.05) is 23.8 Å². The third kappa shape index (κ3) is 4.87. The van der Waals surface area contributed by atoms with E-state index in [1.54, 1.807) is 0 Å². The number of nitrogens with zero attached hydrogens (tertiary/aromatic N) is 1. The third-order valence-corrected chi connectivity index (χ3v) is 4.16. The fourth-order valence-corrected chi connectivity index (χ4v) is 2.77. The molecule has 2 aliphatic rings. The second kappa shape index (κ2) is 7.10. The molecule has 0 radical (unpaired) electrons. The highest BCUT2D eigenvalue weighted by atomic mass is 16.5. The Labute approximate surface area is 128 Å². The summed E-state index contributed by atoms with van der Waals surface area (Å²) < 4.78 is 5.92. The first-order valence-electron chi connectivity index (χ1n) is 8.13. The SMILES string of the molecule is CC1=CCCN(CCOc2cccc(CNC3CC3)c2)C1. The van der Waals surface area contributed by atoms with Gasteiger partial charge in [0.05, 0.1) is 0 Å². The molecule has 1 aliphatic carbocycles. The highest BCUT2D eigenvalue weighted by Crippen LogP contribution is 2.20. The van der Waals surface area contributed by atoms with E-state index in [9.17, 15) is 0 Å². The van der Waals surface area contributed by atoms with Crippen molar-refractivity contribution in [3.63, 3.8) is 0 Å². The molecule has 0 saturated heterocycles. The van der Waals surface area contributed by atoms with Gasteiger partial charge in [-0.3, -0.25) is 4.90 Å². The Bertz CT molecular complexity index is 494. The molecule has 1 saturated carbocycles. The van der Waals surface area contributed by atoms with Crippen molar-refractivity contribution in [2.24, 2.45) is 0 Å². The Morgan fingerprint density at radius 2 is 2.24 bits per heavy atom. The van der Waals surface area contributed by atoms with Gasteiger partial charge in [0.2, 0.25) is 0 Å². The lowest BCUT2D eigenvalue weighted by Crippen LogP contribution is -2.33. The molecule has 3 heteroatoms. The Balaban J connectivity index is 1.41. The van der Waals surface area contributed by atoms with Crippen molar-refractivity contribution in [1.29, 1.82) is 0 Å². The van der Waals surface area contributed by atoms with Gasteiger partial charge in [0.15, 0.2) is 0 Å². The summed E-state index contributed by atoms with van der Waals surface area (Å²) in [7, 11) is 0. The lowest BCUT2D eigenvalue weighted by molar-refractivity contribution is 0.217. The van der Waals surface area contributed by atoms with E-state index in [1.807, 2.05) is 0 Å². The minimum Gasteiger partial charge on any atom is -0.492 e. The molecule has 21 heavy (non-hydrogen) atoms. The summed E-state index contributed by atoms with van der Waals surface area (Å²) in [5, 5.41) is 3.54. The van der Waals surface area contributed by atoms with Crippen LogP contribution in [0.1, 0.15) is 31.7 Å². The second-order valence-electron chi connectivity index (χ2n) is 6.27. The zero-order valence-electron chi connectivity index (χ0n) is 13.0. The van der Waals surface area contributed by atoms with Gasteiger partial charge >= 0.3 is 0 Å². The van der Waals surface area contributed by atoms with Crippen LogP contribution in [0.2, 0.25) is 0 Å². The standard InChI is InChI=1S/C18H26N2O/c1-15-4-3-9-20(14-15)10-11-21-18-6-2-5-16(12-18)13-19-17-7-8-17/h2,4-6,12,17,19H,3,7-11,13-14H2,1H3. The lowest BCUT2D eigenvalue weighted by Gasteiger charge is -2.25. The molecule has 1 aromatic carbocycles. The van der Waals surface area contributed by atoms with Crippen molar-refractivity contribution in [1.82, 2.24) is 10.2 Å². The van der Waals surface area contributed by atoms with E-state index in [1.165, 1.54) is 30.4 Å². The van der Waals surface area contributed by atoms with Crippen LogP contribution in [0.5, 0.6) is 5.75 Å². The first kappa shape index (κ1) is 14.6. The molecular weight excluding hydrogens is 260 g/mol. The summed E-state index contributed by atoms with van der Waals surface area (Å²) in [6.07, 6.45) is 6.18. The van der Waals surface area contributed by atoms with Crippen LogP contribution in [0.3, 0.4) is 0 Å². The summed E-state index contributed by atoms with van der Waals surface area (Å²) in [5.41, 5.74) is 2.80. The molecule has 0 spiro atoms. The molecule has 0 unspecified atom stereocenters. The van der Waals surface area contributed by atoms with Crippen molar-refractivity contribution < 1.29 is 4.74 Å². The molecule has 1 aromatic rings. The molecule has 0 aromatic heterocycles. The zero-order chi connectivity index (χ0) is 14.5. The monoisotopic (exact) mass is 286 g/mol. The fraction of sp³-hybridized carbons (Fsp3) is 0.556. The van der Waals surface area contributed by atoms with Gasteiger partial charge in [-0.25, -0.2) is 0 Å². The molecule has 0 bridgehead atoms. The van der Waals surface area contributed by atoms with Gasteiger partial charge in [0.1, 0.15) is 12.4 Å². The molecule has 1 aliphatic heterocycles. The van der Waals surface area contributed by atoms with Gasteiger partial charge < -0.3 is 10.1 Å². The molecule has 1 heterocycles. The first-order chi connectivity index (χ1) is 10.3. The Morgan fingerprint density at radius 3 is 3.05 bits per heavy atom. The van der Waals surface area contributed by atoms with Crippen LogP contribution in [0.15, 0.2) is 35.9 Å². The topological polar surface area (TPSA) is 24.5 Å². The number of hydrogen-bond acceptors (Lipinski definition) is 3. The van der Waals surface area contributed by atoms with Crippen LogP contribution in [0, 0.1) is 0 Å². The molecule has 0 amide bonds. The van der Waals surface area contributed by atoms with Gasteiger partial charge in [0, 0.05) is 32.2 Å². The van der Waals surface area contributed by atoms with Crippen LogP contribution < -0.4 is 10.1 Å². The fourth-order valence-electron chi connectivity index (χ4n) is 2.77. The summed E-state index contributed by atoms with van der Waals surface area (Å²) in [6.45, 7) is 7.20. The third-order valence-electron chi connectivity index (χ3n) is 4.16. The second-order valence-corrected chi connectivity index (χ2v) is 6.27. The van der Waals surface area contributed by atoms with E-state index in [0.29, 0.717) is 0 Å². The summed E-state index contributed by atoms with van der Waals surface area (Å²) in [4.78, 5) is 2.47. The van der Waals surface area contributed by atoms with Crippen molar-refractivity contribution in [3.8, 4) is 5.75 Å². The van der Waals surface area contributed by atoms with Crippen molar-refractivity contribution in [3.05, 3.63) is 41.5 Å². The maximum Gasteiger partial charge on any atom is 0.119 e. The largest absolute Gasteiger partial charge is 0.492 e. The van der Waals surface area contributed by atoms with E-state index in [0.717, 1.165) is 44.6 Å². The minimum atomic E-state index is 0.755. The molecule has 0 atom stereocenters. The van der Waals surface area contributed by atoms with Gasteiger partial charge in [-0.2, -0.15) is 0 Å². The molecule has 3 rings (SSSR count). The van der Waals surface area contributed by atoms with E-state index in [4.69, 9.17) is 4.74 Å². The van der Waals surface area contributed by atoms with Crippen LogP contribution in [-0.4, -0.2) is 37.2 Å². The molecule has 1 N–H and O–H groups in total. The van der Waals surface area contributed by atoms with Crippen molar-refractivity contribution in [2.45, 2.75) is 38.8 Å². The Morgan fingerprint density at radius 1 is 1.33 bits per heavy atom. The van der Waals surface area contributed by atoms with Gasteiger partial charge in [-0.05, 0) is 43.9 Å². The first-order valence-corrected chi connectivity index (χ1v) is 8.13. The van der Waals surface area contributed by atoms with Crippen LogP contribution in [0.25, 0.3) is 0 Å². The van der Waals surface area contributed by atoms with E-state index >= 15 is 0 Å². The van der Waals surface area contributed by atoms with Crippen LogP contribution in [0.4, 0.5) is 0 Å². The van der Waals surface area contributed by atoms with Crippen LogP contribution >= 0.6 is 0 Å². The number of benzene rings is 1. The number of rotatable bonds is 7. The Hall–Kier alpha value is -1.32. The highest BCUT2D eigenvalue weighted by molar-refractivity contribution is 5.28. The van der Waals surface area contributed by atoms with E-state index < -0.39 is 0 Å². The smallest absolute Gasteiger partial charge is 0.119 e. The predicted octanol–water partition coefficient (Wildman–Crippen LogP) is 2.97. The summed E-state index contributed by atoms with van der Waals surface area (Å²) in [6, 6.07) is 9.23. The van der Waals surface area contributed by atoms with Crippen molar-refractivity contribution >= 4 is 0 Å². The van der Waals surface area contributed by atoms with E-state index in [-0.39, 0.29) is 0 Å². The van der Waals surface area contributed by atoms with Crippen LogP contribution in [-0.2, 0) is 6.54 Å². The summed E-state index contributed by atoms with van der Waals surface area (Å²) >= 11 is 0. The normalized spacial score (nSPS) is 19.4. The molecule has 114 valence electrons. The minimum absolute atomic E-state index is 0.755. The van der Waals surface area contributed by atoms with E-state index in [2.05, 4.69) is 47.5 Å². The number of nitrogens with one attached hydrogen (secondary N) is 1. The van der Waals surface area contributed by atoms with Gasteiger partial charge in [0.25, 0.3) is 0 Å². The maximum absolute atomic E-state index is 5.92. The number of ether oxygens (including phenoxy) is 1. The average molecular weight is 286 g/mol. The summed E-state index contributed by atoms with van der Waals surface area (Å²) in [5.74, 6) is 0.995. The predicted molar refractivity (Wildman–Crippen MR) is 86.6 cm³/mol. The molecule has 1 fully saturated rings. The Kier molecular flexibility index (Phi) is 4.94. The molecular formula is C18H26N2O. The number of hydrogen-bond donors (Lipinski definition) is 1. The zero-order valence-corrected chi connectivity index (χ0v) is 13.0. The lowest BCUT2D eigenvalue weighted by atomic mass is 10.1. The quantitative estimate of drug-likeness (QED) is 0.780. The maximum atomic E-state index is 5.92. The van der Waals surface area contributed by atoms with Crippen molar-refractivity contribution in [2.75, 3.05) is 26.2 Å². The average Bonchev–Trinajstić information content (AvgIpc) is 3.30. The van der Waals surface area contributed by atoms with Gasteiger partial charge in [-0.15, -0.1) is 0 Å².